The molecule has 1 aliphatic rings. The largest absolute Gasteiger partial charge is 0.394 e. The Morgan fingerprint density at radius 2 is 2.22 bits per heavy atom. The molecule has 0 amide bonds. The average Bonchev–Trinajstić information content (AvgIpc) is 2.55. The Morgan fingerprint density at radius 1 is 1.50 bits per heavy atom. The van der Waals surface area contributed by atoms with E-state index in [0.717, 1.165) is 29.8 Å². The molecular formula is C12H20BrN3O2. The van der Waals surface area contributed by atoms with E-state index in [0.29, 0.717) is 0 Å². The van der Waals surface area contributed by atoms with E-state index < -0.39 is 0 Å². The first-order chi connectivity index (χ1) is 8.51. The molecule has 102 valence electrons. The van der Waals surface area contributed by atoms with Gasteiger partial charge in [0.15, 0.2) is 0 Å². The highest BCUT2D eigenvalue weighted by molar-refractivity contribution is 9.10. The summed E-state index contributed by atoms with van der Waals surface area (Å²) >= 11 is 3.58. The molecule has 5 nitrogen and oxygen atoms in total. The minimum absolute atomic E-state index is 0.0758. The van der Waals surface area contributed by atoms with Crippen molar-refractivity contribution in [1.82, 2.24) is 14.7 Å². The van der Waals surface area contributed by atoms with E-state index in [1.165, 1.54) is 5.69 Å². The molecule has 0 spiro atoms. The first kappa shape index (κ1) is 14.0. The van der Waals surface area contributed by atoms with Gasteiger partial charge in [0.1, 0.15) is 0 Å². The molecule has 1 fully saturated rings. The number of ether oxygens (including phenoxy) is 1. The molecule has 0 bridgehead atoms. The smallest absolute Gasteiger partial charge is 0.0936 e. The van der Waals surface area contributed by atoms with Crippen LogP contribution in [0.15, 0.2) is 4.47 Å². The van der Waals surface area contributed by atoms with Crippen LogP contribution in [0.5, 0.6) is 0 Å². The zero-order chi connectivity index (χ0) is 13.3. The third-order valence-corrected chi connectivity index (χ3v) is 4.27. The molecule has 0 radical (unpaired) electrons. The van der Waals surface area contributed by atoms with Gasteiger partial charge in [-0.25, -0.2) is 0 Å². The fourth-order valence-electron chi connectivity index (χ4n) is 2.43. The first-order valence-corrected chi connectivity index (χ1v) is 6.97. The van der Waals surface area contributed by atoms with Crippen LogP contribution in [0, 0.1) is 6.92 Å². The summed E-state index contributed by atoms with van der Waals surface area (Å²) in [5, 5.41) is 13.6. The zero-order valence-corrected chi connectivity index (χ0v) is 12.6. The van der Waals surface area contributed by atoms with E-state index >= 15 is 0 Å². The minimum atomic E-state index is -0.0816. The van der Waals surface area contributed by atoms with E-state index in [4.69, 9.17) is 4.74 Å². The number of rotatable bonds is 3. The van der Waals surface area contributed by atoms with Gasteiger partial charge in [0.2, 0.25) is 0 Å². The summed E-state index contributed by atoms with van der Waals surface area (Å²) in [6, 6.07) is 0. The number of morpholine rings is 1. The van der Waals surface area contributed by atoms with E-state index in [-0.39, 0.29) is 18.8 Å². The van der Waals surface area contributed by atoms with Crippen LogP contribution in [-0.2, 0) is 18.3 Å². The molecule has 0 aromatic carbocycles. The molecule has 0 aliphatic carbocycles. The Kier molecular flexibility index (Phi) is 4.42. The van der Waals surface area contributed by atoms with Crippen molar-refractivity contribution in [2.24, 2.45) is 7.05 Å². The number of hydrogen-bond acceptors (Lipinski definition) is 4. The quantitative estimate of drug-likeness (QED) is 0.906. The minimum Gasteiger partial charge on any atom is -0.394 e. The maximum absolute atomic E-state index is 9.23. The number of nitrogens with zero attached hydrogens (tertiary/aromatic N) is 3. The predicted octanol–water partition coefficient (Wildman–Crippen LogP) is 1.07. The summed E-state index contributed by atoms with van der Waals surface area (Å²) in [5.74, 6) is 0. The third kappa shape index (κ3) is 2.93. The van der Waals surface area contributed by atoms with Crippen molar-refractivity contribution in [3.05, 3.63) is 15.9 Å². The highest BCUT2D eigenvalue weighted by atomic mass is 79.9. The SMILES string of the molecule is Cc1nn(C)c(CN2CC(C)OC(CO)C2)c1Br. The second kappa shape index (κ2) is 5.69. The Hall–Kier alpha value is -0.430. The van der Waals surface area contributed by atoms with Gasteiger partial charge in [-0.05, 0) is 29.8 Å². The van der Waals surface area contributed by atoms with Gasteiger partial charge in [-0.2, -0.15) is 5.10 Å². The summed E-state index contributed by atoms with van der Waals surface area (Å²) in [6.45, 7) is 6.57. The average molecular weight is 318 g/mol. The fraction of sp³-hybridized carbons (Fsp3) is 0.750. The third-order valence-electron chi connectivity index (χ3n) is 3.24. The molecule has 6 heteroatoms. The molecule has 0 saturated carbocycles. The standard InChI is InChI=1S/C12H20BrN3O2/c1-8-4-16(5-10(7-17)18-8)6-11-12(13)9(2)14-15(11)3/h8,10,17H,4-7H2,1-3H3. The number of aryl methyl sites for hydroxylation is 2. The Bertz CT molecular complexity index is 422. The molecule has 2 unspecified atom stereocenters. The van der Waals surface area contributed by atoms with E-state index in [1.54, 1.807) is 0 Å². The normalized spacial score (nSPS) is 25.6. The van der Waals surface area contributed by atoms with Crippen LogP contribution in [0.2, 0.25) is 0 Å². The first-order valence-electron chi connectivity index (χ1n) is 6.18. The maximum Gasteiger partial charge on any atom is 0.0936 e. The summed E-state index contributed by atoms with van der Waals surface area (Å²) in [5.41, 5.74) is 2.17. The highest BCUT2D eigenvalue weighted by Crippen LogP contribution is 2.23. The van der Waals surface area contributed by atoms with Gasteiger partial charge in [-0.3, -0.25) is 9.58 Å². The van der Waals surface area contributed by atoms with Gasteiger partial charge in [-0.15, -0.1) is 0 Å². The molecule has 1 N–H and O–H groups in total. The topological polar surface area (TPSA) is 50.5 Å². The number of halogens is 1. The Morgan fingerprint density at radius 3 is 2.78 bits per heavy atom. The van der Waals surface area contributed by atoms with E-state index in [2.05, 4.69) is 25.9 Å². The van der Waals surface area contributed by atoms with Crippen molar-refractivity contribution in [3.8, 4) is 0 Å². The van der Waals surface area contributed by atoms with Crippen molar-refractivity contribution in [1.29, 1.82) is 0 Å². The lowest BCUT2D eigenvalue weighted by atomic mass is 10.2. The number of aromatic nitrogens is 2. The number of aliphatic hydroxyl groups excluding tert-OH is 1. The van der Waals surface area contributed by atoms with Crippen LogP contribution in [-0.4, -0.2) is 51.7 Å². The van der Waals surface area contributed by atoms with Crippen molar-refractivity contribution < 1.29 is 9.84 Å². The molecule has 18 heavy (non-hydrogen) atoms. The van der Waals surface area contributed by atoms with Gasteiger partial charge in [0.25, 0.3) is 0 Å². The lowest BCUT2D eigenvalue weighted by Gasteiger charge is -2.36. The van der Waals surface area contributed by atoms with Gasteiger partial charge < -0.3 is 9.84 Å². The highest BCUT2D eigenvalue weighted by Gasteiger charge is 2.26. The lowest BCUT2D eigenvalue weighted by molar-refractivity contribution is -0.0977. The Balaban J connectivity index is 2.08. The Labute approximate surface area is 116 Å². The maximum atomic E-state index is 9.23. The zero-order valence-electron chi connectivity index (χ0n) is 11.1. The number of aliphatic hydroxyl groups is 1. The summed E-state index contributed by atoms with van der Waals surface area (Å²) in [6.07, 6.45) is 0.0749. The molecule has 1 saturated heterocycles. The van der Waals surface area contributed by atoms with Crippen molar-refractivity contribution >= 4 is 15.9 Å². The molecule has 2 heterocycles. The van der Waals surface area contributed by atoms with E-state index in [1.807, 2.05) is 25.6 Å². The molecule has 1 aliphatic heterocycles. The molecular weight excluding hydrogens is 298 g/mol. The monoisotopic (exact) mass is 317 g/mol. The predicted molar refractivity (Wildman–Crippen MR) is 72.3 cm³/mol. The molecule has 2 rings (SSSR count). The van der Waals surface area contributed by atoms with Gasteiger partial charge >= 0.3 is 0 Å². The number of hydrogen-bond donors (Lipinski definition) is 1. The second-order valence-electron chi connectivity index (χ2n) is 4.92. The lowest BCUT2D eigenvalue weighted by Crippen LogP contribution is -2.47. The van der Waals surface area contributed by atoms with Gasteiger partial charge in [0.05, 0.1) is 34.7 Å². The van der Waals surface area contributed by atoms with Crippen LogP contribution in [0.1, 0.15) is 18.3 Å². The van der Waals surface area contributed by atoms with Crippen molar-refractivity contribution in [2.75, 3.05) is 19.7 Å². The van der Waals surface area contributed by atoms with Crippen LogP contribution >= 0.6 is 15.9 Å². The summed E-state index contributed by atoms with van der Waals surface area (Å²) in [4.78, 5) is 2.30. The fourth-order valence-corrected chi connectivity index (χ4v) is 2.90. The van der Waals surface area contributed by atoms with Crippen molar-refractivity contribution in [2.45, 2.75) is 32.6 Å². The molecule has 2 atom stereocenters. The van der Waals surface area contributed by atoms with Crippen LogP contribution < -0.4 is 0 Å². The van der Waals surface area contributed by atoms with E-state index in [9.17, 15) is 5.11 Å². The summed E-state index contributed by atoms with van der Waals surface area (Å²) < 4.78 is 8.63. The van der Waals surface area contributed by atoms with Crippen molar-refractivity contribution in [3.63, 3.8) is 0 Å². The van der Waals surface area contributed by atoms with Crippen LogP contribution in [0.4, 0.5) is 0 Å². The molecule has 1 aromatic rings. The van der Waals surface area contributed by atoms with Gasteiger partial charge in [0, 0.05) is 26.7 Å². The van der Waals surface area contributed by atoms with Crippen LogP contribution in [0.25, 0.3) is 0 Å². The summed E-state index contributed by atoms with van der Waals surface area (Å²) in [7, 11) is 1.96. The second-order valence-corrected chi connectivity index (χ2v) is 5.71. The van der Waals surface area contributed by atoms with Gasteiger partial charge in [-0.1, -0.05) is 0 Å². The van der Waals surface area contributed by atoms with Crippen LogP contribution in [0.3, 0.4) is 0 Å². The molecule has 1 aromatic heterocycles.